The molecule has 152 valence electrons. The van der Waals surface area contributed by atoms with E-state index in [4.69, 9.17) is 8.83 Å². The van der Waals surface area contributed by atoms with E-state index in [0.29, 0.717) is 24.6 Å². The Morgan fingerprint density at radius 3 is 2.10 bits per heavy atom. The predicted molar refractivity (Wildman–Crippen MR) is 99.5 cm³/mol. The quantitative estimate of drug-likeness (QED) is 0.574. The van der Waals surface area contributed by atoms with Crippen molar-refractivity contribution in [1.29, 1.82) is 0 Å². The fraction of sp³-hybridized carbons (Fsp3) is 0.200. The molecule has 7 nitrogen and oxygen atoms in total. The van der Waals surface area contributed by atoms with E-state index in [0.717, 1.165) is 12.1 Å². The molecule has 0 aliphatic carbocycles. The standard InChI is InChI=1S/C20H19F2N3O4/c21-17-6-5-14(9-18(17)22)24-19(26)10-23-20(27)13-25(11-15-3-1-7-28-15)12-16-4-2-8-29-16/h1-9H,10-13H2,(H,23,27)(H,24,26). The molecule has 0 saturated heterocycles. The third kappa shape index (κ3) is 6.28. The van der Waals surface area contributed by atoms with Gasteiger partial charge in [-0.1, -0.05) is 0 Å². The van der Waals surface area contributed by atoms with Gasteiger partial charge in [0.05, 0.1) is 38.7 Å². The zero-order valence-electron chi connectivity index (χ0n) is 15.4. The topological polar surface area (TPSA) is 87.7 Å². The Labute approximate surface area is 165 Å². The molecular formula is C20H19F2N3O4. The molecule has 3 aromatic rings. The predicted octanol–water partition coefficient (Wildman–Crippen LogP) is 2.91. The maximum absolute atomic E-state index is 13.2. The van der Waals surface area contributed by atoms with Crippen molar-refractivity contribution in [2.45, 2.75) is 13.1 Å². The lowest BCUT2D eigenvalue weighted by molar-refractivity contribution is -0.125. The average Bonchev–Trinajstić information content (AvgIpc) is 3.37. The minimum absolute atomic E-state index is 0.000142. The molecule has 29 heavy (non-hydrogen) atoms. The van der Waals surface area contributed by atoms with Crippen molar-refractivity contribution in [3.8, 4) is 0 Å². The van der Waals surface area contributed by atoms with Crippen molar-refractivity contribution in [3.05, 3.63) is 78.1 Å². The van der Waals surface area contributed by atoms with E-state index < -0.39 is 17.5 Å². The Bertz CT molecular complexity index is 907. The van der Waals surface area contributed by atoms with E-state index in [1.165, 1.54) is 6.07 Å². The van der Waals surface area contributed by atoms with E-state index in [1.54, 1.807) is 41.7 Å². The molecule has 9 heteroatoms. The van der Waals surface area contributed by atoms with Gasteiger partial charge >= 0.3 is 0 Å². The lowest BCUT2D eigenvalue weighted by Gasteiger charge is -2.19. The SMILES string of the molecule is O=C(CN(Cc1ccco1)Cc1ccco1)NCC(=O)Nc1ccc(F)c(F)c1. The first kappa shape index (κ1) is 20.3. The van der Waals surface area contributed by atoms with Crippen molar-refractivity contribution in [3.63, 3.8) is 0 Å². The summed E-state index contributed by atoms with van der Waals surface area (Å²) in [6.45, 7) is 0.442. The molecule has 0 saturated carbocycles. The van der Waals surface area contributed by atoms with Gasteiger partial charge in [0.1, 0.15) is 11.5 Å². The molecule has 0 radical (unpaired) electrons. The van der Waals surface area contributed by atoms with Gasteiger partial charge in [-0.25, -0.2) is 8.78 Å². The summed E-state index contributed by atoms with van der Waals surface area (Å²) in [6, 6.07) is 10.1. The highest BCUT2D eigenvalue weighted by Crippen LogP contribution is 2.13. The van der Waals surface area contributed by atoms with Crippen LogP contribution in [0.5, 0.6) is 0 Å². The van der Waals surface area contributed by atoms with Crippen LogP contribution in [-0.2, 0) is 22.7 Å². The molecule has 0 aliphatic heterocycles. The molecule has 3 rings (SSSR count). The smallest absolute Gasteiger partial charge is 0.243 e. The Morgan fingerprint density at radius 2 is 1.55 bits per heavy atom. The van der Waals surface area contributed by atoms with Crippen LogP contribution in [0.1, 0.15) is 11.5 Å². The van der Waals surface area contributed by atoms with Gasteiger partial charge in [0.15, 0.2) is 11.6 Å². The molecule has 0 spiro atoms. The van der Waals surface area contributed by atoms with Crippen molar-refractivity contribution >= 4 is 17.5 Å². The second kappa shape index (κ2) is 9.65. The highest BCUT2D eigenvalue weighted by atomic mass is 19.2. The van der Waals surface area contributed by atoms with Gasteiger partial charge in [-0.05, 0) is 36.4 Å². The number of amides is 2. The average molecular weight is 403 g/mol. The second-order valence-electron chi connectivity index (χ2n) is 6.26. The first-order chi connectivity index (χ1) is 14.0. The highest BCUT2D eigenvalue weighted by Gasteiger charge is 2.15. The number of carbonyl (C=O) groups excluding carboxylic acids is 2. The van der Waals surface area contributed by atoms with Crippen molar-refractivity contribution in [1.82, 2.24) is 10.2 Å². The zero-order chi connectivity index (χ0) is 20.6. The van der Waals surface area contributed by atoms with Crippen molar-refractivity contribution in [2.75, 3.05) is 18.4 Å². The van der Waals surface area contributed by atoms with Gasteiger partial charge in [-0.15, -0.1) is 0 Å². The Kier molecular flexibility index (Phi) is 6.75. The summed E-state index contributed by atoms with van der Waals surface area (Å²) in [5, 5.41) is 4.88. The van der Waals surface area contributed by atoms with Crippen LogP contribution in [0.15, 0.2) is 63.8 Å². The molecule has 1 aromatic carbocycles. The van der Waals surface area contributed by atoms with Gasteiger partial charge in [0.25, 0.3) is 0 Å². The van der Waals surface area contributed by atoms with E-state index in [9.17, 15) is 18.4 Å². The molecule has 0 unspecified atom stereocenters. The van der Waals surface area contributed by atoms with E-state index in [-0.39, 0.29) is 24.7 Å². The summed E-state index contributed by atoms with van der Waals surface area (Å²) in [4.78, 5) is 26.0. The van der Waals surface area contributed by atoms with Crippen LogP contribution in [-0.4, -0.2) is 29.8 Å². The molecule has 2 heterocycles. The fourth-order valence-corrected chi connectivity index (χ4v) is 2.63. The normalized spacial score (nSPS) is 10.9. The first-order valence-electron chi connectivity index (χ1n) is 8.78. The van der Waals surface area contributed by atoms with E-state index in [1.807, 2.05) is 0 Å². The molecule has 0 atom stereocenters. The number of nitrogens with zero attached hydrogens (tertiary/aromatic N) is 1. The maximum atomic E-state index is 13.2. The number of carbonyl (C=O) groups is 2. The summed E-state index contributed by atoms with van der Waals surface area (Å²) in [6.07, 6.45) is 3.09. The Balaban J connectivity index is 1.50. The minimum Gasteiger partial charge on any atom is -0.468 e. The van der Waals surface area contributed by atoms with E-state index in [2.05, 4.69) is 10.6 Å². The number of furan rings is 2. The van der Waals surface area contributed by atoms with Crippen LogP contribution in [0.4, 0.5) is 14.5 Å². The number of benzene rings is 1. The number of anilines is 1. The second-order valence-corrected chi connectivity index (χ2v) is 6.26. The summed E-state index contributed by atoms with van der Waals surface area (Å²) < 4.78 is 36.7. The van der Waals surface area contributed by atoms with Crippen LogP contribution in [0.3, 0.4) is 0 Å². The van der Waals surface area contributed by atoms with Gasteiger partial charge < -0.3 is 19.5 Å². The number of rotatable bonds is 9. The van der Waals surface area contributed by atoms with Gasteiger partial charge in [0, 0.05) is 11.8 Å². The van der Waals surface area contributed by atoms with Crippen LogP contribution in [0.2, 0.25) is 0 Å². The molecule has 0 bridgehead atoms. The minimum atomic E-state index is -1.07. The monoisotopic (exact) mass is 403 g/mol. The van der Waals surface area contributed by atoms with E-state index >= 15 is 0 Å². The number of hydrogen-bond acceptors (Lipinski definition) is 5. The molecular weight excluding hydrogens is 384 g/mol. The van der Waals surface area contributed by atoms with Gasteiger partial charge in [0.2, 0.25) is 11.8 Å². The molecule has 0 aliphatic rings. The number of nitrogens with one attached hydrogen (secondary N) is 2. The maximum Gasteiger partial charge on any atom is 0.243 e. The number of hydrogen-bond donors (Lipinski definition) is 2. The first-order valence-corrected chi connectivity index (χ1v) is 8.78. The van der Waals surface area contributed by atoms with Crippen LogP contribution >= 0.6 is 0 Å². The van der Waals surface area contributed by atoms with Gasteiger partial charge in [-0.2, -0.15) is 0 Å². The van der Waals surface area contributed by atoms with Crippen LogP contribution in [0.25, 0.3) is 0 Å². The third-order valence-corrected chi connectivity index (χ3v) is 3.94. The largest absolute Gasteiger partial charge is 0.468 e. The summed E-state index contributed by atoms with van der Waals surface area (Å²) in [5.74, 6) is -1.67. The van der Waals surface area contributed by atoms with Crippen molar-refractivity contribution < 1.29 is 27.2 Å². The van der Waals surface area contributed by atoms with Crippen LogP contribution < -0.4 is 10.6 Å². The Hall–Kier alpha value is -3.46. The Morgan fingerprint density at radius 1 is 0.897 bits per heavy atom. The summed E-state index contributed by atoms with van der Waals surface area (Å²) in [7, 11) is 0. The zero-order valence-corrected chi connectivity index (χ0v) is 15.4. The molecule has 2 amide bonds. The summed E-state index contributed by atoms with van der Waals surface area (Å²) in [5.41, 5.74) is 0.0976. The summed E-state index contributed by atoms with van der Waals surface area (Å²) >= 11 is 0. The van der Waals surface area contributed by atoms with Gasteiger partial charge in [-0.3, -0.25) is 14.5 Å². The van der Waals surface area contributed by atoms with Crippen LogP contribution in [0, 0.1) is 11.6 Å². The molecule has 2 N–H and O–H groups in total. The highest BCUT2D eigenvalue weighted by molar-refractivity contribution is 5.94. The third-order valence-electron chi connectivity index (χ3n) is 3.94. The molecule has 0 fully saturated rings. The lowest BCUT2D eigenvalue weighted by Crippen LogP contribution is -2.40. The fourth-order valence-electron chi connectivity index (χ4n) is 2.63. The molecule has 2 aromatic heterocycles. The lowest BCUT2D eigenvalue weighted by atomic mass is 10.3. The number of halogens is 2. The van der Waals surface area contributed by atoms with Crippen molar-refractivity contribution in [2.24, 2.45) is 0 Å².